The van der Waals surface area contributed by atoms with Gasteiger partial charge in [-0.05, 0) is 42.0 Å². The monoisotopic (exact) mass is 298 g/mol. The van der Waals surface area contributed by atoms with Crippen molar-refractivity contribution < 1.29 is 0 Å². The number of aromatic nitrogens is 3. The Morgan fingerprint density at radius 2 is 1.76 bits per heavy atom. The smallest absolute Gasteiger partial charge is 0.163 e. The molecule has 0 fully saturated rings. The number of nitrogens with one attached hydrogen (secondary N) is 1. The van der Waals surface area contributed by atoms with E-state index in [0.717, 1.165) is 28.6 Å². The fourth-order valence-electron chi connectivity index (χ4n) is 2.09. The van der Waals surface area contributed by atoms with Gasteiger partial charge in [-0.1, -0.05) is 23.7 Å². The Hall–Kier alpha value is -2.33. The normalized spacial score (nSPS) is 10.6. The summed E-state index contributed by atoms with van der Waals surface area (Å²) in [6, 6.07) is 16.0. The van der Waals surface area contributed by atoms with Crippen molar-refractivity contribution in [2.24, 2.45) is 7.05 Å². The molecule has 3 aromatic rings. The predicted octanol–water partition coefficient (Wildman–Crippen LogP) is 3.75. The number of anilines is 1. The van der Waals surface area contributed by atoms with E-state index in [2.05, 4.69) is 15.5 Å². The van der Waals surface area contributed by atoms with Crippen molar-refractivity contribution in [3.8, 4) is 11.4 Å². The van der Waals surface area contributed by atoms with Crippen molar-refractivity contribution in [3.05, 3.63) is 65.4 Å². The van der Waals surface area contributed by atoms with Gasteiger partial charge in [-0.25, -0.2) is 0 Å². The zero-order valence-corrected chi connectivity index (χ0v) is 12.4. The van der Waals surface area contributed by atoms with Gasteiger partial charge in [0.15, 0.2) is 5.82 Å². The second kappa shape index (κ2) is 5.97. The summed E-state index contributed by atoms with van der Waals surface area (Å²) in [5, 5.41) is 12.1. The van der Waals surface area contributed by atoms with Crippen LogP contribution in [0.3, 0.4) is 0 Å². The first kappa shape index (κ1) is 13.6. The van der Waals surface area contributed by atoms with Gasteiger partial charge in [0.25, 0.3) is 0 Å². The molecule has 0 aliphatic rings. The van der Waals surface area contributed by atoms with Gasteiger partial charge in [0.2, 0.25) is 0 Å². The molecule has 0 aliphatic heterocycles. The highest BCUT2D eigenvalue weighted by Gasteiger charge is 2.03. The third-order valence-electron chi connectivity index (χ3n) is 3.26. The molecule has 0 bridgehead atoms. The van der Waals surface area contributed by atoms with E-state index < -0.39 is 0 Å². The van der Waals surface area contributed by atoms with Gasteiger partial charge < -0.3 is 9.88 Å². The number of hydrogen-bond acceptors (Lipinski definition) is 3. The number of nitrogens with zero attached hydrogens (tertiary/aromatic N) is 3. The van der Waals surface area contributed by atoms with Crippen molar-refractivity contribution in [3.63, 3.8) is 0 Å². The summed E-state index contributed by atoms with van der Waals surface area (Å²) in [5.74, 6) is 0.860. The molecule has 3 rings (SSSR count). The summed E-state index contributed by atoms with van der Waals surface area (Å²) in [7, 11) is 1.93. The first-order valence-electron chi connectivity index (χ1n) is 6.65. The molecular weight excluding hydrogens is 284 g/mol. The van der Waals surface area contributed by atoms with E-state index in [9.17, 15) is 0 Å². The summed E-state index contributed by atoms with van der Waals surface area (Å²) < 4.78 is 1.90. The lowest BCUT2D eigenvalue weighted by atomic mass is 10.2. The molecule has 4 nitrogen and oxygen atoms in total. The maximum Gasteiger partial charge on any atom is 0.163 e. The van der Waals surface area contributed by atoms with Gasteiger partial charge in [0.1, 0.15) is 6.33 Å². The highest BCUT2D eigenvalue weighted by molar-refractivity contribution is 6.30. The van der Waals surface area contributed by atoms with Crippen LogP contribution in [-0.2, 0) is 13.6 Å². The molecule has 0 radical (unpaired) electrons. The standard InChI is InChI=1S/C16H15ClN4/c1-21-11-19-20-16(21)13-4-8-15(9-5-13)18-10-12-2-6-14(17)7-3-12/h2-9,11,18H,10H2,1H3. The predicted molar refractivity (Wildman–Crippen MR) is 85.2 cm³/mol. The number of benzene rings is 2. The zero-order valence-electron chi connectivity index (χ0n) is 11.6. The van der Waals surface area contributed by atoms with E-state index in [1.165, 1.54) is 5.56 Å². The molecule has 0 saturated carbocycles. The Kier molecular flexibility index (Phi) is 3.88. The lowest BCUT2D eigenvalue weighted by Crippen LogP contribution is -1.99. The first-order valence-corrected chi connectivity index (χ1v) is 7.03. The van der Waals surface area contributed by atoms with E-state index in [0.29, 0.717) is 0 Å². The van der Waals surface area contributed by atoms with Crippen molar-refractivity contribution in [2.75, 3.05) is 5.32 Å². The van der Waals surface area contributed by atoms with Gasteiger partial charge in [-0.15, -0.1) is 10.2 Å². The third-order valence-corrected chi connectivity index (χ3v) is 3.52. The lowest BCUT2D eigenvalue weighted by Gasteiger charge is -2.08. The van der Waals surface area contributed by atoms with Crippen molar-refractivity contribution in [1.29, 1.82) is 0 Å². The molecular formula is C16H15ClN4. The fraction of sp³-hybridized carbons (Fsp3) is 0.125. The SMILES string of the molecule is Cn1cnnc1-c1ccc(NCc2ccc(Cl)cc2)cc1. The summed E-state index contributed by atoms with van der Waals surface area (Å²) >= 11 is 5.87. The second-order valence-corrected chi connectivity index (χ2v) is 5.26. The number of rotatable bonds is 4. The van der Waals surface area contributed by atoms with Crippen LogP contribution < -0.4 is 5.32 Å². The van der Waals surface area contributed by atoms with Crippen LogP contribution in [0.25, 0.3) is 11.4 Å². The topological polar surface area (TPSA) is 42.7 Å². The molecule has 0 unspecified atom stereocenters. The van der Waals surface area contributed by atoms with E-state index in [-0.39, 0.29) is 0 Å². The molecule has 1 heterocycles. The zero-order chi connectivity index (χ0) is 14.7. The molecule has 106 valence electrons. The maximum atomic E-state index is 5.87. The average molecular weight is 299 g/mol. The van der Waals surface area contributed by atoms with E-state index >= 15 is 0 Å². The minimum atomic E-state index is 0.756. The van der Waals surface area contributed by atoms with Crippen LogP contribution >= 0.6 is 11.6 Å². The molecule has 2 aromatic carbocycles. The third kappa shape index (κ3) is 3.23. The van der Waals surface area contributed by atoms with Gasteiger partial charge >= 0.3 is 0 Å². The first-order chi connectivity index (χ1) is 10.2. The van der Waals surface area contributed by atoms with E-state index in [1.54, 1.807) is 6.33 Å². The Morgan fingerprint density at radius 1 is 1.05 bits per heavy atom. The number of halogens is 1. The van der Waals surface area contributed by atoms with Crippen LogP contribution in [0.2, 0.25) is 5.02 Å². The van der Waals surface area contributed by atoms with Crippen molar-refractivity contribution >= 4 is 17.3 Å². The molecule has 0 atom stereocenters. The highest BCUT2D eigenvalue weighted by atomic mass is 35.5. The van der Waals surface area contributed by atoms with Crippen molar-refractivity contribution in [1.82, 2.24) is 14.8 Å². The summed E-state index contributed by atoms with van der Waals surface area (Å²) in [5.41, 5.74) is 3.31. The largest absolute Gasteiger partial charge is 0.381 e. The molecule has 0 spiro atoms. The van der Waals surface area contributed by atoms with Crippen LogP contribution in [0.15, 0.2) is 54.9 Å². The van der Waals surface area contributed by atoms with Crippen LogP contribution in [0, 0.1) is 0 Å². The molecule has 1 aromatic heterocycles. The van der Waals surface area contributed by atoms with Gasteiger partial charge in [-0.2, -0.15) is 0 Å². The number of hydrogen-bond donors (Lipinski definition) is 1. The van der Waals surface area contributed by atoms with Gasteiger partial charge in [0.05, 0.1) is 0 Å². The highest BCUT2D eigenvalue weighted by Crippen LogP contribution is 2.19. The Labute approximate surface area is 128 Å². The van der Waals surface area contributed by atoms with Crippen molar-refractivity contribution in [2.45, 2.75) is 6.54 Å². The van der Waals surface area contributed by atoms with Gasteiger partial charge in [-0.3, -0.25) is 0 Å². The summed E-state index contributed by atoms with van der Waals surface area (Å²) in [6.07, 6.45) is 1.70. The maximum absolute atomic E-state index is 5.87. The van der Waals surface area contributed by atoms with Crippen LogP contribution in [0.5, 0.6) is 0 Å². The Bertz CT molecular complexity index is 717. The van der Waals surface area contributed by atoms with Crippen LogP contribution in [0.4, 0.5) is 5.69 Å². The van der Waals surface area contributed by atoms with Gasteiger partial charge in [0, 0.05) is 29.9 Å². The van der Waals surface area contributed by atoms with Crippen LogP contribution in [0.1, 0.15) is 5.56 Å². The quantitative estimate of drug-likeness (QED) is 0.798. The summed E-state index contributed by atoms with van der Waals surface area (Å²) in [6.45, 7) is 0.764. The minimum Gasteiger partial charge on any atom is -0.381 e. The van der Waals surface area contributed by atoms with E-state index in [4.69, 9.17) is 11.6 Å². The summed E-state index contributed by atoms with van der Waals surface area (Å²) in [4.78, 5) is 0. The minimum absolute atomic E-state index is 0.756. The Balaban J connectivity index is 1.67. The van der Waals surface area contributed by atoms with E-state index in [1.807, 2.05) is 60.1 Å². The Morgan fingerprint density at radius 3 is 2.38 bits per heavy atom. The average Bonchev–Trinajstić information content (AvgIpc) is 2.93. The molecule has 1 N–H and O–H groups in total. The second-order valence-electron chi connectivity index (χ2n) is 4.82. The van der Waals surface area contributed by atoms with Crippen LogP contribution in [-0.4, -0.2) is 14.8 Å². The molecule has 0 amide bonds. The molecule has 21 heavy (non-hydrogen) atoms. The fourth-order valence-corrected chi connectivity index (χ4v) is 2.21. The molecule has 5 heteroatoms. The molecule has 0 saturated heterocycles. The number of aryl methyl sites for hydroxylation is 1. The lowest BCUT2D eigenvalue weighted by molar-refractivity contribution is 0.920. The molecule has 0 aliphatic carbocycles.